The first kappa shape index (κ1) is 17.9. The Morgan fingerprint density at radius 3 is 2.28 bits per heavy atom. The van der Waals surface area contributed by atoms with Gasteiger partial charge >= 0.3 is 0 Å². The average molecular weight is 364 g/mol. The van der Waals surface area contributed by atoms with Crippen LogP contribution in [0.5, 0.6) is 0 Å². The van der Waals surface area contributed by atoms with Gasteiger partial charge in [0.25, 0.3) is 0 Å². The summed E-state index contributed by atoms with van der Waals surface area (Å²) in [4.78, 5) is 40.8. The molecule has 1 aromatic carbocycles. The maximum atomic E-state index is 12.4. The molecule has 2 fully saturated rings. The summed E-state index contributed by atoms with van der Waals surface area (Å²) in [6.45, 7) is 4.63. The van der Waals surface area contributed by atoms with Crippen molar-refractivity contribution in [1.29, 1.82) is 0 Å². The molecule has 2 heterocycles. The molecule has 25 heavy (non-hydrogen) atoms. The summed E-state index contributed by atoms with van der Waals surface area (Å²) in [5, 5.41) is 0.750. The summed E-state index contributed by atoms with van der Waals surface area (Å²) >= 11 is 6.28. The molecular weight excluding hydrogens is 342 g/mol. The molecule has 1 aromatic rings. The Morgan fingerprint density at radius 2 is 1.68 bits per heavy atom. The molecule has 2 aliphatic rings. The van der Waals surface area contributed by atoms with E-state index >= 15 is 0 Å². The van der Waals surface area contributed by atoms with Crippen LogP contribution in [0.25, 0.3) is 0 Å². The van der Waals surface area contributed by atoms with Crippen molar-refractivity contribution in [3.63, 3.8) is 0 Å². The Kier molecular flexibility index (Phi) is 5.39. The lowest BCUT2D eigenvalue weighted by atomic mass is 10.1. The smallest absolute Gasteiger partial charge is 0.242 e. The van der Waals surface area contributed by atoms with E-state index in [9.17, 15) is 14.4 Å². The largest absolute Gasteiger partial charge is 0.339 e. The Hall–Kier alpha value is -1.92. The minimum Gasteiger partial charge on any atom is -0.339 e. The molecular formula is C18H22ClN3O3. The fourth-order valence-corrected chi connectivity index (χ4v) is 3.70. The van der Waals surface area contributed by atoms with Crippen LogP contribution in [0.3, 0.4) is 0 Å². The normalized spacial score (nSPS) is 20.2. The molecule has 3 rings (SSSR count). The number of nitrogens with zero attached hydrogens (tertiary/aromatic N) is 3. The van der Waals surface area contributed by atoms with Gasteiger partial charge in [-0.15, -0.1) is 0 Å². The third-order valence-electron chi connectivity index (χ3n) is 5.02. The van der Waals surface area contributed by atoms with Gasteiger partial charge < -0.3 is 4.90 Å². The van der Waals surface area contributed by atoms with Crippen LogP contribution < -0.4 is 0 Å². The molecule has 1 unspecified atom stereocenters. The summed E-state index contributed by atoms with van der Waals surface area (Å²) in [5.41, 5.74) is 1.08. The number of imide groups is 1. The van der Waals surface area contributed by atoms with Crippen molar-refractivity contribution in [2.24, 2.45) is 0 Å². The van der Waals surface area contributed by atoms with E-state index in [4.69, 9.17) is 11.6 Å². The van der Waals surface area contributed by atoms with Crippen LogP contribution >= 0.6 is 11.6 Å². The zero-order valence-electron chi connectivity index (χ0n) is 14.3. The van der Waals surface area contributed by atoms with Crippen molar-refractivity contribution in [2.75, 3.05) is 32.7 Å². The Labute approximate surface area is 152 Å². The van der Waals surface area contributed by atoms with Gasteiger partial charge in [-0.2, -0.15) is 0 Å². The maximum absolute atomic E-state index is 12.4. The zero-order chi connectivity index (χ0) is 18.0. The van der Waals surface area contributed by atoms with E-state index in [1.54, 1.807) is 4.90 Å². The van der Waals surface area contributed by atoms with Gasteiger partial charge in [0.15, 0.2) is 0 Å². The average Bonchev–Trinajstić information content (AvgIpc) is 2.93. The number of benzene rings is 1. The topological polar surface area (TPSA) is 60.9 Å². The van der Waals surface area contributed by atoms with Gasteiger partial charge in [0.2, 0.25) is 17.7 Å². The van der Waals surface area contributed by atoms with Crippen molar-refractivity contribution < 1.29 is 14.4 Å². The molecule has 0 N–H and O–H groups in total. The second kappa shape index (κ2) is 7.54. The fraction of sp³-hybridized carbons (Fsp3) is 0.500. The first-order valence-electron chi connectivity index (χ1n) is 8.57. The van der Waals surface area contributed by atoms with Gasteiger partial charge in [-0.1, -0.05) is 29.8 Å². The molecule has 0 bridgehead atoms. The van der Waals surface area contributed by atoms with Crippen LogP contribution in [0.15, 0.2) is 24.3 Å². The number of carbonyl (C=O) groups is 3. The zero-order valence-corrected chi connectivity index (χ0v) is 15.0. The molecule has 2 aliphatic heterocycles. The lowest BCUT2D eigenvalue weighted by Gasteiger charge is -2.38. The fourth-order valence-electron chi connectivity index (χ4n) is 3.40. The first-order chi connectivity index (χ1) is 12.0. The van der Waals surface area contributed by atoms with E-state index in [1.807, 2.05) is 24.3 Å². The molecule has 3 amide bonds. The van der Waals surface area contributed by atoms with Crippen LogP contribution in [0.4, 0.5) is 0 Å². The Balaban J connectivity index is 1.55. The van der Waals surface area contributed by atoms with Gasteiger partial charge in [0.1, 0.15) is 6.54 Å². The molecule has 0 spiro atoms. The predicted molar refractivity (Wildman–Crippen MR) is 94.0 cm³/mol. The summed E-state index contributed by atoms with van der Waals surface area (Å²) in [6.07, 6.45) is 0.435. The number of amides is 3. The lowest BCUT2D eigenvalue weighted by Crippen LogP contribution is -2.52. The van der Waals surface area contributed by atoms with E-state index < -0.39 is 0 Å². The molecule has 0 aliphatic carbocycles. The van der Waals surface area contributed by atoms with Gasteiger partial charge in [-0.05, 0) is 18.6 Å². The molecule has 7 heteroatoms. The van der Waals surface area contributed by atoms with Gasteiger partial charge in [0, 0.05) is 50.1 Å². The van der Waals surface area contributed by atoms with Crippen molar-refractivity contribution in [3.05, 3.63) is 34.9 Å². The van der Waals surface area contributed by atoms with Crippen LogP contribution in [0.1, 0.15) is 31.4 Å². The van der Waals surface area contributed by atoms with Crippen LogP contribution in [0, 0.1) is 0 Å². The van der Waals surface area contributed by atoms with Crippen molar-refractivity contribution in [1.82, 2.24) is 14.7 Å². The van der Waals surface area contributed by atoms with Gasteiger partial charge in [-0.25, -0.2) is 0 Å². The van der Waals surface area contributed by atoms with Crippen LogP contribution in [-0.4, -0.2) is 65.1 Å². The van der Waals surface area contributed by atoms with Crippen LogP contribution in [-0.2, 0) is 14.4 Å². The molecule has 134 valence electrons. The first-order valence-corrected chi connectivity index (χ1v) is 8.94. The second-order valence-electron chi connectivity index (χ2n) is 6.49. The van der Waals surface area contributed by atoms with Gasteiger partial charge in [-0.3, -0.25) is 24.2 Å². The van der Waals surface area contributed by atoms with Crippen molar-refractivity contribution >= 4 is 29.3 Å². The van der Waals surface area contributed by atoms with Crippen molar-refractivity contribution in [3.8, 4) is 0 Å². The number of hydrogen-bond acceptors (Lipinski definition) is 4. The molecule has 0 saturated carbocycles. The highest BCUT2D eigenvalue weighted by atomic mass is 35.5. The van der Waals surface area contributed by atoms with Crippen molar-refractivity contribution in [2.45, 2.75) is 25.8 Å². The summed E-state index contributed by atoms with van der Waals surface area (Å²) in [7, 11) is 0. The SMILES string of the molecule is CC(c1ccccc1Cl)N1CCN(C(=O)CN2C(=O)CCC2=O)CC1. The summed E-state index contributed by atoms with van der Waals surface area (Å²) in [6, 6.07) is 7.97. The number of piperazine rings is 1. The van der Waals surface area contributed by atoms with Gasteiger partial charge in [0.05, 0.1) is 0 Å². The number of halogens is 1. The van der Waals surface area contributed by atoms with Crippen LogP contribution in [0.2, 0.25) is 5.02 Å². The highest BCUT2D eigenvalue weighted by molar-refractivity contribution is 6.31. The minimum absolute atomic E-state index is 0.127. The molecule has 0 aromatic heterocycles. The number of rotatable bonds is 4. The summed E-state index contributed by atoms with van der Waals surface area (Å²) < 4.78 is 0. The van der Waals surface area contributed by atoms with E-state index in [-0.39, 0.29) is 43.1 Å². The Morgan fingerprint density at radius 1 is 1.08 bits per heavy atom. The van der Waals surface area contributed by atoms with E-state index in [2.05, 4.69) is 11.8 Å². The van der Waals surface area contributed by atoms with E-state index in [1.165, 1.54) is 0 Å². The number of hydrogen-bond donors (Lipinski definition) is 0. The summed E-state index contributed by atoms with van der Waals surface area (Å²) in [5.74, 6) is -0.651. The highest BCUT2D eigenvalue weighted by Gasteiger charge is 2.33. The van der Waals surface area contributed by atoms with E-state index in [0.29, 0.717) is 13.1 Å². The molecule has 1 atom stereocenters. The third kappa shape index (κ3) is 3.85. The molecule has 6 nitrogen and oxygen atoms in total. The maximum Gasteiger partial charge on any atom is 0.242 e. The number of likely N-dealkylation sites (tertiary alicyclic amines) is 1. The highest BCUT2D eigenvalue weighted by Crippen LogP contribution is 2.27. The molecule has 2 saturated heterocycles. The lowest BCUT2D eigenvalue weighted by molar-refractivity contribution is -0.146. The predicted octanol–water partition coefficient (Wildman–Crippen LogP) is 1.69. The second-order valence-corrected chi connectivity index (χ2v) is 6.90. The molecule has 0 radical (unpaired) electrons. The standard InChI is InChI=1S/C18H22ClN3O3/c1-13(14-4-2-3-5-15(14)19)20-8-10-21(11-9-20)18(25)12-22-16(23)6-7-17(22)24/h2-5,13H,6-12H2,1H3. The Bertz CT molecular complexity index is 670. The third-order valence-corrected chi connectivity index (χ3v) is 5.36. The quantitative estimate of drug-likeness (QED) is 0.764. The monoisotopic (exact) mass is 363 g/mol. The van der Waals surface area contributed by atoms with E-state index in [0.717, 1.165) is 28.6 Å². The minimum atomic E-state index is -0.246. The number of carbonyl (C=O) groups excluding carboxylic acids is 3.